The van der Waals surface area contributed by atoms with Crippen LogP contribution in [0.4, 0.5) is 0 Å². The van der Waals surface area contributed by atoms with Crippen molar-refractivity contribution in [1.82, 2.24) is 0 Å². The van der Waals surface area contributed by atoms with Crippen molar-refractivity contribution in [2.24, 2.45) is 17.4 Å². The Kier molecular flexibility index (Phi) is 4.49. The number of hydrogen-bond donors (Lipinski definition) is 3. The van der Waals surface area contributed by atoms with Crippen LogP contribution < -0.4 is 11.5 Å². The molecule has 0 radical (unpaired) electrons. The van der Waals surface area contributed by atoms with Crippen LogP contribution in [0.25, 0.3) is 0 Å². The van der Waals surface area contributed by atoms with Crippen molar-refractivity contribution in [3.05, 3.63) is 0 Å². The molecule has 4 heteroatoms. The van der Waals surface area contributed by atoms with E-state index in [0.717, 1.165) is 12.6 Å². The molecular formula is C6H13N3O. The number of rotatable bonds is 5. The number of primary amides is 1. The molecule has 0 bridgehead atoms. The van der Waals surface area contributed by atoms with E-state index in [2.05, 4.69) is 0 Å². The number of hydrogen-bond acceptors (Lipinski definition) is 3. The lowest BCUT2D eigenvalue weighted by Gasteiger charge is -2.03. The van der Waals surface area contributed by atoms with E-state index in [1.54, 1.807) is 0 Å². The van der Waals surface area contributed by atoms with E-state index in [4.69, 9.17) is 16.9 Å². The normalized spacial score (nSPS) is 12.5. The summed E-state index contributed by atoms with van der Waals surface area (Å²) in [6.45, 7) is 0.539. The Balaban J connectivity index is 3.60. The van der Waals surface area contributed by atoms with Gasteiger partial charge in [-0.15, -0.1) is 0 Å². The zero-order valence-electron chi connectivity index (χ0n) is 5.84. The fourth-order valence-corrected chi connectivity index (χ4v) is 0.645. The first kappa shape index (κ1) is 9.10. The molecule has 0 aliphatic carbocycles. The maximum Gasteiger partial charge on any atom is 0.225 e. The van der Waals surface area contributed by atoms with Gasteiger partial charge < -0.3 is 16.9 Å². The quantitative estimate of drug-likeness (QED) is 0.451. The molecule has 0 aliphatic heterocycles. The Labute approximate surface area is 60.1 Å². The molecule has 0 aliphatic rings. The summed E-state index contributed by atoms with van der Waals surface area (Å²) in [4.78, 5) is 10.5. The van der Waals surface area contributed by atoms with Gasteiger partial charge in [-0.05, 0) is 19.4 Å². The number of nitrogens with one attached hydrogen (secondary N) is 1. The van der Waals surface area contributed by atoms with E-state index in [1.807, 2.05) is 0 Å². The predicted octanol–water partition coefficient (Wildman–Crippen LogP) is -0.524. The minimum atomic E-state index is -0.441. The summed E-state index contributed by atoms with van der Waals surface area (Å²) in [5.41, 5.74) is 10.2. The molecular weight excluding hydrogens is 130 g/mol. The van der Waals surface area contributed by atoms with Crippen LogP contribution in [0.15, 0.2) is 0 Å². The largest absolute Gasteiger partial charge is 0.369 e. The molecule has 0 fully saturated rings. The molecule has 5 N–H and O–H groups in total. The second-order valence-electron chi connectivity index (χ2n) is 2.11. The van der Waals surface area contributed by atoms with Crippen LogP contribution in [0.3, 0.4) is 0 Å². The molecule has 0 saturated carbocycles. The first-order valence-electron chi connectivity index (χ1n) is 3.22. The van der Waals surface area contributed by atoms with E-state index < -0.39 is 11.8 Å². The molecule has 4 nitrogen and oxygen atoms in total. The Morgan fingerprint density at radius 3 is 2.60 bits per heavy atom. The number of nitrogens with two attached hydrogens (primary N) is 2. The van der Waals surface area contributed by atoms with Crippen LogP contribution in [-0.4, -0.2) is 18.7 Å². The smallest absolute Gasteiger partial charge is 0.225 e. The molecule has 0 rings (SSSR count). The van der Waals surface area contributed by atoms with Gasteiger partial charge in [0, 0.05) is 6.21 Å². The Hall–Kier alpha value is -0.900. The highest BCUT2D eigenvalue weighted by Crippen LogP contribution is 2.00. The monoisotopic (exact) mass is 143 g/mol. The fourth-order valence-electron chi connectivity index (χ4n) is 0.645. The number of carbonyl (C=O) groups is 1. The predicted molar refractivity (Wildman–Crippen MR) is 39.8 cm³/mol. The first-order chi connectivity index (χ1) is 4.72. The van der Waals surface area contributed by atoms with Crippen molar-refractivity contribution in [3.63, 3.8) is 0 Å². The lowest BCUT2D eigenvalue weighted by molar-refractivity contribution is -0.119. The first-order valence-corrected chi connectivity index (χ1v) is 3.22. The van der Waals surface area contributed by atoms with E-state index in [0.29, 0.717) is 13.0 Å². The molecule has 0 aromatic carbocycles. The van der Waals surface area contributed by atoms with Gasteiger partial charge in [0.05, 0.1) is 5.92 Å². The maximum atomic E-state index is 10.5. The van der Waals surface area contributed by atoms with Gasteiger partial charge in [0.2, 0.25) is 5.91 Å². The SMILES string of the molecule is N=CC(CCCN)C(N)=O. The average molecular weight is 143 g/mol. The van der Waals surface area contributed by atoms with Crippen molar-refractivity contribution < 1.29 is 4.79 Å². The van der Waals surface area contributed by atoms with Gasteiger partial charge in [-0.1, -0.05) is 0 Å². The van der Waals surface area contributed by atoms with Crippen LogP contribution in [0.1, 0.15) is 12.8 Å². The summed E-state index contributed by atoms with van der Waals surface area (Å²) in [7, 11) is 0. The molecule has 1 unspecified atom stereocenters. The fraction of sp³-hybridized carbons (Fsp3) is 0.667. The van der Waals surface area contributed by atoms with Crippen molar-refractivity contribution >= 4 is 12.1 Å². The van der Waals surface area contributed by atoms with Gasteiger partial charge in [-0.2, -0.15) is 0 Å². The Bertz CT molecular complexity index is 124. The van der Waals surface area contributed by atoms with Crippen LogP contribution in [0, 0.1) is 11.3 Å². The minimum absolute atomic E-state index is 0.427. The summed E-state index contributed by atoms with van der Waals surface area (Å²) in [6.07, 6.45) is 2.40. The lowest BCUT2D eigenvalue weighted by Crippen LogP contribution is -2.24. The van der Waals surface area contributed by atoms with E-state index in [-0.39, 0.29) is 0 Å². The Morgan fingerprint density at radius 1 is 1.70 bits per heavy atom. The molecule has 1 atom stereocenters. The van der Waals surface area contributed by atoms with Gasteiger partial charge in [-0.3, -0.25) is 4.79 Å². The second kappa shape index (κ2) is 4.93. The van der Waals surface area contributed by atoms with Gasteiger partial charge in [0.1, 0.15) is 0 Å². The highest BCUT2D eigenvalue weighted by Gasteiger charge is 2.09. The van der Waals surface area contributed by atoms with E-state index in [9.17, 15) is 4.79 Å². The Morgan fingerprint density at radius 2 is 2.30 bits per heavy atom. The highest BCUT2D eigenvalue weighted by atomic mass is 16.1. The van der Waals surface area contributed by atoms with Crippen molar-refractivity contribution in [2.45, 2.75) is 12.8 Å². The van der Waals surface area contributed by atoms with Crippen LogP contribution >= 0.6 is 0 Å². The summed E-state index contributed by atoms with van der Waals surface area (Å²) < 4.78 is 0. The van der Waals surface area contributed by atoms with Crippen LogP contribution in [0.2, 0.25) is 0 Å². The third-order valence-electron chi connectivity index (χ3n) is 1.29. The third-order valence-corrected chi connectivity index (χ3v) is 1.29. The number of carbonyl (C=O) groups excluding carboxylic acids is 1. The molecule has 0 aromatic rings. The molecule has 10 heavy (non-hydrogen) atoms. The van der Waals surface area contributed by atoms with E-state index in [1.165, 1.54) is 0 Å². The van der Waals surface area contributed by atoms with Gasteiger partial charge in [-0.25, -0.2) is 0 Å². The van der Waals surface area contributed by atoms with Crippen molar-refractivity contribution in [2.75, 3.05) is 6.54 Å². The standard InChI is InChI=1S/C6H13N3O/c7-3-1-2-5(4-8)6(9)10/h4-5,8H,1-3,7H2,(H2,9,10). The summed E-state index contributed by atoms with van der Waals surface area (Å²) in [6, 6.07) is 0. The zero-order chi connectivity index (χ0) is 7.98. The zero-order valence-corrected chi connectivity index (χ0v) is 5.84. The third kappa shape index (κ3) is 3.19. The summed E-state index contributed by atoms with van der Waals surface area (Å²) in [5.74, 6) is -0.869. The summed E-state index contributed by atoms with van der Waals surface area (Å²) >= 11 is 0. The molecule has 0 aromatic heterocycles. The number of amides is 1. The van der Waals surface area contributed by atoms with Crippen LogP contribution in [-0.2, 0) is 4.79 Å². The molecule has 0 spiro atoms. The van der Waals surface area contributed by atoms with Gasteiger partial charge in [0.25, 0.3) is 0 Å². The molecule has 0 heterocycles. The second-order valence-corrected chi connectivity index (χ2v) is 2.11. The lowest BCUT2D eigenvalue weighted by atomic mass is 10.0. The van der Waals surface area contributed by atoms with Crippen LogP contribution in [0.5, 0.6) is 0 Å². The maximum absolute atomic E-state index is 10.5. The van der Waals surface area contributed by atoms with Gasteiger partial charge >= 0.3 is 0 Å². The van der Waals surface area contributed by atoms with Crippen molar-refractivity contribution in [1.29, 1.82) is 5.41 Å². The average Bonchev–Trinajstić information content (AvgIpc) is 1.89. The molecule has 0 saturated heterocycles. The molecule has 1 amide bonds. The minimum Gasteiger partial charge on any atom is -0.369 e. The van der Waals surface area contributed by atoms with Gasteiger partial charge in [0.15, 0.2) is 0 Å². The van der Waals surface area contributed by atoms with E-state index >= 15 is 0 Å². The summed E-state index contributed by atoms with van der Waals surface area (Å²) in [5, 5.41) is 6.80. The van der Waals surface area contributed by atoms with Crippen molar-refractivity contribution in [3.8, 4) is 0 Å². The topological polar surface area (TPSA) is 93.0 Å². The highest BCUT2D eigenvalue weighted by molar-refractivity contribution is 5.91. The molecule has 58 valence electrons.